The number of carbonyl (C=O) groups is 1. The third-order valence-electron chi connectivity index (χ3n) is 2.99. The van der Waals surface area contributed by atoms with Crippen molar-refractivity contribution in [2.45, 2.75) is 6.54 Å². The van der Waals surface area contributed by atoms with Gasteiger partial charge in [0.2, 0.25) is 0 Å². The van der Waals surface area contributed by atoms with Crippen LogP contribution in [0, 0.1) is 11.3 Å². The van der Waals surface area contributed by atoms with E-state index < -0.39 is 5.91 Å². The van der Waals surface area contributed by atoms with Gasteiger partial charge < -0.3 is 15.4 Å². The first-order valence-electron chi connectivity index (χ1n) is 6.91. The van der Waals surface area contributed by atoms with Crippen LogP contribution in [0.2, 0.25) is 0 Å². The van der Waals surface area contributed by atoms with E-state index in [9.17, 15) is 4.79 Å². The molecule has 1 amide bonds. The zero-order valence-corrected chi connectivity index (χ0v) is 12.6. The van der Waals surface area contributed by atoms with E-state index in [0.717, 1.165) is 11.3 Å². The van der Waals surface area contributed by atoms with Crippen LogP contribution in [0.3, 0.4) is 0 Å². The molecule has 2 N–H and O–H groups in total. The predicted octanol–water partition coefficient (Wildman–Crippen LogP) is 2.23. The summed E-state index contributed by atoms with van der Waals surface area (Å²) in [5, 5.41) is 14.7. The third-order valence-corrected chi connectivity index (χ3v) is 2.99. The molecule has 0 radical (unpaired) electrons. The van der Waals surface area contributed by atoms with Gasteiger partial charge in [0.25, 0.3) is 5.91 Å². The van der Waals surface area contributed by atoms with Crippen molar-refractivity contribution in [2.24, 2.45) is 0 Å². The predicted molar refractivity (Wildman–Crippen MR) is 86.4 cm³/mol. The molecular weight excluding hydrogens is 292 g/mol. The molecule has 0 fully saturated rings. The van der Waals surface area contributed by atoms with Crippen LogP contribution in [0.4, 0.5) is 5.69 Å². The van der Waals surface area contributed by atoms with Crippen molar-refractivity contribution >= 4 is 11.6 Å². The molecule has 0 aliphatic carbocycles. The second-order valence-corrected chi connectivity index (χ2v) is 4.59. The smallest absolute Gasteiger partial charge is 0.263 e. The number of anilines is 1. The van der Waals surface area contributed by atoms with Gasteiger partial charge in [-0.3, -0.25) is 9.78 Å². The molecule has 0 saturated heterocycles. The molecule has 0 bridgehead atoms. The molecule has 2 rings (SSSR count). The Hall–Kier alpha value is -3.33. The minimum absolute atomic E-state index is 0.0169. The normalized spacial score (nSPS) is 10.5. The number of methoxy groups -OCH3 is 1. The Labute approximate surface area is 134 Å². The molecule has 0 aliphatic rings. The molecule has 0 saturated carbocycles. The third kappa shape index (κ3) is 4.86. The maximum absolute atomic E-state index is 12.0. The molecule has 2 aromatic rings. The lowest BCUT2D eigenvalue weighted by Gasteiger charge is -2.06. The van der Waals surface area contributed by atoms with Gasteiger partial charge in [0, 0.05) is 36.9 Å². The summed E-state index contributed by atoms with van der Waals surface area (Å²) >= 11 is 0. The minimum Gasteiger partial charge on any atom is -0.497 e. The molecule has 0 aliphatic heterocycles. The van der Waals surface area contributed by atoms with Gasteiger partial charge in [0.05, 0.1) is 7.11 Å². The number of amides is 1. The molecule has 0 atom stereocenters. The molecule has 116 valence electrons. The number of benzene rings is 1. The summed E-state index contributed by atoms with van der Waals surface area (Å²) in [4.78, 5) is 16.0. The number of rotatable bonds is 6. The summed E-state index contributed by atoms with van der Waals surface area (Å²) in [6, 6.07) is 12.7. The fraction of sp³-hybridized carbons (Fsp3) is 0.118. The molecule has 6 heteroatoms. The van der Waals surface area contributed by atoms with Crippen LogP contribution in [0.5, 0.6) is 5.75 Å². The number of pyridine rings is 1. The molecular formula is C17H16N4O2. The quantitative estimate of drug-likeness (QED) is 0.631. The number of aromatic nitrogens is 1. The van der Waals surface area contributed by atoms with Crippen LogP contribution in [-0.2, 0) is 11.3 Å². The molecule has 6 nitrogen and oxygen atoms in total. The molecule has 1 aromatic heterocycles. The average Bonchev–Trinajstić information content (AvgIpc) is 2.61. The van der Waals surface area contributed by atoms with E-state index in [1.54, 1.807) is 37.7 Å². The van der Waals surface area contributed by atoms with Crippen molar-refractivity contribution in [3.8, 4) is 11.8 Å². The molecule has 1 aromatic carbocycles. The highest BCUT2D eigenvalue weighted by Gasteiger charge is 2.08. The molecule has 23 heavy (non-hydrogen) atoms. The first-order valence-corrected chi connectivity index (χ1v) is 6.91. The maximum atomic E-state index is 12.0. The standard InChI is InChI=1S/C17H16N4O2/c1-23-16-6-2-5-15(8-16)20-12-14(9-18)17(22)21-11-13-4-3-7-19-10-13/h2-8,10,12,20H,11H2,1H3,(H,21,22)/b14-12-. The van der Waals surface area contributed by atoms with E-state index in [1.165, 1.54) is 6.20 Å². The summed E-state index contributed by atoms with van der Waals surface area (Å²) < 4.78 is 5.11. The Morgan fingerprint density at radius 2 is 2.26 bits per heavy atom. The lowest BCUT2D eigenvalue weighted by molar-refractivity contribution is -0.117. The zero-order valence-electron chi connectivity index (χ0n) is 12.6. The van der Waals surface area contributed by atoms with E-state index in [-0.39, 0.29) is 5.57 Å². The summed E-state index contributed by atoms with van der Waals surface area (Å²) in [5.74, 6) is 0.231. The zero-order chi connectivity index (χ0) is 16.5. The number of carbonyl (C=O) groups excluding carboxylic acids is 1. The topological polar surface area (TPSA) is 87.0 Å². The van der Waals surface area contributed by atoms with Gasteiger partial charge in [-0.1, -0.05) is 12.1 Å². The average molecular weight is 308 g/mol. The maximum Gasteiger partial charge on any atom is 0.263 e. The van der Waals surface area contributed by atoms with Crippen molar-refractivity contribution in [2.75, 3.05) is 12.4 Å². The number of nitrogens with zero attached hydrogens (tertiary/aromatic N) is 2. The van der Waals surface area contributed by atoms with Gasteiger partial charge in [-0.15, -0.1) is 0 Å². The lowest BCUT2D eigenvalue weighted by atomic mass is 10.2. The van der Waals surface area contributed by atoms with Gasteiger partial charge in [-0.2, -0.15) is 5.26 Å². The van der Waals surface area contributed by atoms with E-state index in [0.29, 0.717) is 12.3 Å². The SMILES string of the molecule is COc1cccc(N/C=C(/C#N)C(=O)NCc2cccnc2)c1. The largest absolute Gasteiger partial charge is 0.497 e. The minimum atomic E-state index is -0.452. The van der Waals surface area contributed by atoms with Crippen molar-refractivity contribution in [1.29, 1.82) is 5.26 Å². The number of nitriles is 1. The number of nitrogens with one attached hydrogen (secondary N) is 2. The monoisotopic (exact) mass is 308 g/mol. The van der Waals surface area contributed by atoms with Crippen molar-refractivity contribution in [1.82, 2.24) is 10.3 Å². The van der Waals surface area contributed by atoms with E-state index >= 15 is 0 Å². The second-order valence-electron chi connectivity index (χ2n) is 4.59. The van der Waals surface area contributed by atoms with Gasteiger partial charge in [-0.25, -0.2) is 0 Å². The van der Waals surface area contributed by atoms with Gasteiger partial charge in [0.15, 0.2) is 0 Å². The first kappa shape index (κ1) is 16.0. The fourth-order valence-corrected chi connectivity index (χ4v) is 1.80. The van der Waals surface area contributed by atoms with Gasteiger partial charge >= 0.3 is 0 Å². The summed E-state index contributed by atoms with van der Waals surface area (Å²) in [6.45, 7) is 0.310. The highest BCUT2D eigenvalue weighted by Crippen LogP contribution is 2.16. The molecule has 0 spiro atoms. The highest BCUT2D eigenvalue weighted by atomic mass is 16.5. The Morgan fingerprint density at radius 3 is 2.96 bits per heavy atom. The van der Waals surface area contributed by atoms with Crippen LogP contribution in [0.25, 0.3) is 0 Å². The van der Waals surface area contributed by atoms with Crippen molar-refractivity contribution in [3.63, 3.8) is 0 Å². The Bertz CT molecular complexity index is 736. The van der Waals surface area contributed by atoms with E-state index in [4.69, 9.17) is 10.00 Å². The van der Waals surface area contributed by atoms with Crippen LogP contribution in [0.15, 0.2) is 60.6 Å². The number of ether oxygens (including phenoxy) is 1. The van der Waals surface area contributed by atoms with Gasteiger partial charge in [0.1, 0.15) is 17.4 Å². The van der Waals surface area contributed by atoms with Crippen LogP contribution in [0.1, 0.15) is 5.56 Å². The Balaban J connectivity index is 1.97. The van der Waals surface area contributed by atoms with Crippen LogP contribution >= 0.6 is 0 Å². The molecule has 1 heterocycles. The van der Waals surface area contributed by atoms with Crippen molar-refractivity contribution in [3.05, 3.63) is 66.1 Å². The van der Waals surface area contributed by atoms with Crippen LogP contribution in [-0.4, -0.2) is 18.0 Å². The summed E-state index contributed by atoms with van der Waals surface area (Å²) in [7, 11) is 1.57. The number of hydrogen-bond acceptors (Lipinski definition) is 5. The second kappa shape index (κ2) is 8.20. The van der Waals surface area contributed by atoms with E-state index in [2.05, 4.69) is 15.6 Å². The highest BCUT2D eigenvalue weighted by molar-refractivity contribution is 5.97. The van der Waals surface area contributed by atoms with Gasteiger partial charge in [-0.05, 0) is 23.8 Å². The fourth-order valence-electron chi connectivity index (χ4n) is 1.80. The Kier molecular flexibility index (Phi) is 5.72. The lowest BCUT2D eigenvalue weighted by Crippen LogP contribution is -2.24. The first-order chi connectivity index (χ1) is 11.2. The Morgan fingerprint density at radius 1 is 1.39 bits per heavy atom. The summed E-state index contributed by atoms with van der Waals surface area (Å²) in [5.41, 5.74) is 1.56. The van der Waals surface area contributed by atoms with E-state index in [1.807, 2.05) is 24.3 Å². The van der Waals surface area contributed by atoms with Crippen molar-refractivity contribution < 1.29 is 9.53 Å². The number of hydrogen-bond donors (Lipinski definition) is 2. The molecule has 0 unspecified atom stereocenters. The van der Waals surface area contributed by atoms with Crippen LogP contribution < -0.4 is 15.4 Å². The summed E-state index contributed by atoms with van der Waals surface area (Å²) in [6.07, 6.45) is 4.68.